The number of hydrogen-bond donors (Lipinski definition) is 0. The van der Waals surface area contributed by atoms with Crippen LogP contribution in [0.2, 0.25) is 0 Å². The molecular weight excluding hydrogens is 317 g/mol. The van der Waals surface area contributed by atoms with Crippen LogP contribution in [0, 0.1) is 19.7 Å². The molecule has 0 aliphatic carbocycles. The Morgan fingerprint density at radius 1 is 1.24 bits per heavy atom. The van der Waals surface area contributed by atoms with E-state index in [4.69, 9.17) is 0 Å². The Morgan fingerprint density at radius 2 is 2.12 bits per heavy atom. The van der Waals surface area contributed by atoms with Crippen LogP contribution in [-0.2, 0) is 6.54 Å². The van der Waals surface area contributed by atoms with Crippen LogP contribution >= 0.6 is 0 Å². The molecule has 130 valence electrons. The van der Waals surface area contributed by atoms with Gasteiger partial charge in [0.15, 0.2) is 0 Å². The van der Waals surface area contributed by atoms with E-state index >= 15 is 0 Å². The highest BCUT2D eigenvalue weighted by atomic mass is 19.1. The molecule has 0 unspecified atom stereocenters. The van der Waals surface area contributed by atoms with Crippen molar-refractivity contribution in [3.05, 3.63) is 65.5 Å². The zero-order valence-electron chi connectivity index (χ0n) is 14.6. The summed E-state index contributed by atoms with van der Waals surface area (Å²) in [6, 6.07) is 9.06. The Kier molecular flexibility index (Phi) is 4.13. The van der Waals surface area contributed by atoms with E-state index < -0.39 is 0 Å². The van der Waals surface area contributed by atoms with Crippen molar-refractivity contribution in [1.82, 2.24) is 24.5 Å². The first-order chi connectivity index (χ1) is 12.1. The number of benzene rings is 1. The van der Waals surface area contributed by atoms with Crippen LogP contribution in [0.4, 0.5) is 4.39 Å². The van der Waals surface area contributed by atoms with E-state index in [-0.39, 0.29) is 5.82 Å². The molecular formula is C19H22FN5. The van der Waals surface area contributed by atoms with Crippen molar-refractivity contribution >= 4 is 0 Å². The van der Waals surface area contributed by atoms with E-state index in [1.165, 1.54) is 17.8 Å². The summed E-state index contributed by atoms with van der Waals surface area (Å²) in [4.78, 5) is 2.42. The zero-order chi connectivity index (χ0) is 17.4. The maximum absolute atomic E-state index is 13.4. The molecule has 0 spiro atoms. The molecule has 0 amide bonds. The molecule has 25 heavy (non-hydrogen) atoms. The van der Waals surface area contributed by atoms with Gasteiger partial charge in [-0.2, -0.15) is 10.2 Å². The molecule has 5 nitrogen and oxygen atoms in total. The lowest BCUT2D eigenvalue weighted by Crippen LogP contribution is -2.21. The molecule has 4 rings (SSSR count). The quantitative estimate of drug-likeness (QED) is 0.732. The molecule has 1 aromatic carbocycles. The van der Waals surface area contributed by atoms with Gasteiger partial charge in [-0.1, -0.05) is 6.07 Å². The zero-order valence-corrected chi connectivity index (χ0v) is 14.6. The molecule has 1 aliphatic rings. The van der Waals surface area contributed by atoms with Crippen molar-refractivity contribution in [2.75, 3.05) is 13.1 Å². The summed E-state index contributed by atoms with van der Waals surface area (Å²) in [6.45, 7) is 7.05. The van der Waals surface area contributed by atoms with E-state index in [1.54, 1.807) is 10.7 Å². The second-order valence-corrected chi connectivity index (χ2v) is 6.82. The van der Waals surface area contributed by atoms with E-state index in [0.717, 1.165) is 43.0 Å². The topological polar surface area (TPSA) is 38.9 Å². The molecule has 6 heteroatoms. The summed E-state index contributed by atoms with van der Waals surface area (Å²) in [7, 11) is 0. The summed E-state index contributed by atoms with van der Waals surface area (Å²) in [6.07, 6.45) is 4.95. The SMILES string of the molecule is Cc1cc(C)n([C@H]2CCN(Cc3cnn(-c4cccc(F)c4)c3)C2)n1. The third kappa shape index (κ3) is 3.35. The van der Waals surface area contributed by atoms with Crippen LogP contribution < -0.4 is 0 Å². The van der Waals surface area contributed by atoms with Crippen LogP contribution in [-0.4, -0.2) is 37.6 Å². The second-order valence-electron chi connectivity index (χ2n) is 6.82. The molecule has 1 aliphatic heterocycles. The molecule has 0 N–H and O–H groups in total. The van der Waals surface area contributed by atoms with Gasteiger partial charge >= 0.3 is 0 Å². The van der Waals surface area contributed by atoms with E-state index in [9.17, 15) is 4.39 Å². The van der Waals surface area contributed by atoms with Crippen molar-refractivity contribution < 1.29 is 4.39 Å². The van der Waals surface area contributed by atoms with Crippen LogP contribution in [0.5, 0.6) is 0 Å². The van der Waals surface area contributed by atoms with Crippen molar-refractivity contribution in [1.29, 1.82) is 0 Å². The number of aryl methyl sites for hydroxylation is 2. The first-order valence-corrected chi connectivity index (χ1v) is 8.63. The predicted molar refractivity (Wildman–Crippen MR) is 94.2 cm³/mol. The smallest absolute Gasteiger partial charge is 0.125 e. The van der Waals surface area contributed by atoms with Gasteiger partial charge in [0, 0.05) is 37.1 Å². The molecule has 2 aromatic heterocycles. The van der Waals surface area contributed by atoms with Crippen molar-refractivity contribution in [2.45, 2.75) is 32.9 Å². The number of hydrogen-bond acceptors (Lipinski definition) is 3. The fourth-order valence-electron chi connectivity index (χ4n) is 3.63. The minimum absolute atomic E-state index is 0.248. The maximum atomic E-state index is 13.4. The van der Waals surface area contributed by atoms with Gasteiger partial charge in [-0.15, -0.1) is 0 Å². The summed E-state index contributed by atoms with van der Waals surface area (Å²) in [5.41, 5.74) is 4.18. The highest BCUT2D eigenvalue weighted by Crippen LogP contribution is 2.24. The lowest BCUT2D eigenvalue weighted by atomic mass is 10.2. The normalized spacial score (nSPS) is 18.1. The average molecular weight is 339 g/mol. The minimum Gasteiger partial charge on any atom is -0.297 e. The Morgan fingerprint density at radius 3 is 2.88 bits per heavy atom. The fraction of sp³-hybridized carbons (Fsp3) is 0.368. The highest BCUT2D eigenvalue weighted by molar-refractivity contribution is 5.31. The summed E-state index contributed by atoms with van der Waals surface area (Å²) >= 11 is 0. The largest absolute Gasteiger partial charge is 0.297 e. The molecule has 0 bridgehead atoms. The number of rotatable bonds is 4. The van der Waals surface area contributed by atoms with Gasteiger partial charge in [-0.25, -0.2) is 9.07 Å². The van der Waals surface area contributed by atoms with Gasteiger partial charge in [-0.05, 0) is 44.5 Å². The molecule has 0 saturated carbocycles. The summed E-state index contributed by atoms with van der Waals surface area (Å²) in [5.74, 6) is -0.248. The molecule has 1 fully saturated rings. The highest BCUT2D eigenvalue weighted by Gasteiger charge is 2.25. The average Bonchev–Trinajstić information content (AvgIpc) is 3.28. The van der Waals surface area contributed by atoms with Gasteiger partial charge < -0.3 is 0 Å². The van der Waals surface area contributed by atoms with Crippen molar-refractivity contribution in [3.8, 4) is 5.69 Å². The third-order valence-corrected chi connectivity index (χ3v) is 4.75. The first kappa shape index (κ1) is 16.0. The molecule has 1 saturated heterocycles. The van der Waals surface area contributed by atoms with Crippen LogP contribution in [0.15, 0.2) is 42.7 Å². The van der Waals surface area contributed by atoms with Gasteiger partial charge in [0.2, 0.25) is 0 Å². The number of nitrogens with zero attached hydrogens (tertiary/aromatic N) is 5. The lowest BCUT2D eigenvalue weighted by molar-refractivity contribution is 0.310. The van der Waals surface area contributed by atoms with Gasteiger partial charge in [0.05, 0.1) is 23.6 Å². The van der Waals surface area contributed by atoms with Gasteiger partial charge in [-0.3, -0.25) is 9.58 Å². The Hall–Kier alpha value is -2.47. The van der Waals surface area contributed by atoms with Crippen LogP contribution in [0.25, 0.3) is 5.69 Å². The van der Waals surface area contributed by atoms with Gasteiger partial charge in [0.25, 0.3) is 0 Å². The van der Waals surface area contributed by atoms with E-state index in [2.05, 4.69) is 32.8 Å². The summed E-state index contributed by atoms with van der Waals surface area (Å²) in [5, 5.41) is 8.99. The molecule has 3 aromatic rings. The molecule has 3 heterocycles. The van der Waals surface area contributed by atoms with E-state index in [0.29, 0.717) is 6.04 Å². The first-order valence-electron chi connectivity index (χ1n) is 8.63. The van der Waals surface area contributed by atoms with Crippen LogP contribution in [0.3, 0.4) is 0 Å². The number of aromatic nitrogens is 4. The lowest BCUT2D eigenvalue weighted by Gasteiger charge is -2.16. The standard InChI is InChI=1S/C19H22FN5/c1-14-8-15(2)25(22-14)19-6-7-23(13-19)11-16-10-21-24(12-16)18-5-3-4-17(20)9-18/h3-5,8-10,12,19H,6-7,11,13H2,1-2H3/t19-/m0/s1. The second kappa shape index (κ2) is 6.44. The summed E-state index contributed by atoms with van der Waals surface area (Å²) < 4.78 is 17.3. The van der Waals surface area contributed by atoms with Crippen LogP contribution in [0.1, 0.15) is 29.4 Å². The Labute approximate surface area is 146 Å². The number of halogens is 1. The van der Waals surface area contributed by atoms with E-state index in [1.807, 2.05) is 25.4 Å². The maximum Gasteiger partial charge on any atom is 0.125 e. The fourth-order valence-corrected chi connectivity index (χ4v) is 3.63. The molecule has 0 radical (unpaired) electrons. The van der Waals surface area contributed by atoms with Crippen molar-refractivity contribution in [2.24, 2.45) is 0 Å². The van der Waals surface area contributed by atoms with Gasteiger partial charge in [0.1, 0.15) is 5.82 Å². The third-order valence-electron chi connectivity index (χ3n) is 4.75. The van der Waals surface area contributed by atoms with Crippen molar-refractivity contribution in [3.63, 3.8) is 0 Å². The minimum atomic E-state index is -0.248. The Balaban J connectivity index is 1.43. The monoisotopic (exact) mass is 339 g/mol. The predicted octanol–water partition coefficient (Wildman–Crippen LogP) is 3.27. The molecule has 1 atom stereocenters. The Bertz CT molecular complexity index is 882. The number of likely N-dealkylation sites (tertiary alicyclic amines) is 1.